The second-order valence-corrected chi connectivity index (χ2v) is 5.82. The lowest BCUT2D eigenvalue weighted by molar-refractivity contribution is 0.0526. The van der Waals surface area contributed by atoms with Crippen molar-refractivity contribution in [3.05, 3.63) is 53.6 Å². The zero-order valence-electron chi connectivity index (χ0n) is 11.8. The number of carbonyl (C=O) groups is 1. The lowest BCUT2D eigenvalue weighted by Gasteiger charge is -2.17. The van der Waals surface area contributed by atoms with Crippen LogP contribution >= 0.6 is 11.8 Å². The van der Waals surface area contributed by atoms with Gasteiger partial charge in [0.05, 0.1) is 18.5 Å². The fourth-order valence-corrected chi connectivity index (χ4v) is 3.24. The van der Waals surface area contributed by atoms with E-state index in [1.165, 1.54) is 10.5 Å². The van der Waals surface area contributed by atoms with Crippen molar-refractivity contribution in [2.45, 2.75) is 18.4 Å². The van der Waals surface area contributed by atoms with Crippen molar-refractivity contribution >= 4 is 23.8 Å². The Kier molecular flexibility index (Phi) is 4.10. The molecular weight excluding hydrogens is 284 g/mol. The summed E-state index contributed by atoms with van der Waals surface area (Å²) in [5.41, 5.74) is 3.01. The van der Waals surface area contributed by atoms with Gasteiger partial charge in [-0.2, -0.15) is 0 Å². The number of rotatable bonds is 4. The highest BCUT2D eigenvalue weighted by atomic mass is 32.2. The number of hydrogen-bond acceptors (Lipinski definition) is 4. The Labute approximate surface area is 127 Å². The third-order valence-electron chi connectivity index (χ3n) is 3.24. The molecule has 0 saturated heterocycles. The summed E-state index contributed by atoms with van der Waals surface area (Å²) >= 11 is 1.80. The summed E-state index contributed by atoms with van der Waals surface area (Å²) in [4.78, 5) is 17.1. The average molecular weight is 300 g/mol. The van der Waals surface area contributed by atoms with Crippen LogP contribution in [0.15, 0.2) is 47.4 Å². The molecule has 108 valence electrons. The number of esters is 1. The highest BCUT2D eigenvalue weighted by Gasteiger charge is 2.14. The Hall–Kier alpha value is -2.01. The minimum absolute atomic E-state index is 0.263. The second kappa shape index (κ2) is 6.18. The molecule has 0 aliphatic carbocycles. The van der Waals surface area contributed by atoms with E-state index in [0.29, 0.717) is 12.2 Å². The van der Waals surface area contributed by atoms with Gasteiger partial charge in [-0.1, -0.05) is 6.08 Å². The zero-order chi connectivity index (χ0) is 14.7. The van der Waals surface area contributed by atoms with Gasteiger partial charge in [0.1, 0.15) is 0 Å². The SMILES string of the molecule is CCOC(=O)c1ccc2c(c1)C=C(Cn1ccnc1)CS2. The molecule has 4 nitrogen and oxygen atoms in total. The number of hydrogen-bond donors (Lipinski definition) is 0. The minimum atomic E-state index is -0.263. The normalized spacial score (nSPS) is 13.5. The molecule has 0 bridgehead atoms. The molecule has 5 heteroatoms. The number of ether oxygens (including phenoxy) is 1. The first-order chi connectivity index (χ1) is 10.3. The maximum absolute atomic E-state index is 11.8. The summed E-state index contributed by atoms with van der Waals surface area (Å²) in [5.74, 6) is 0.699. The highest BCUT2D eigenvalue weighted by molar-refractivity contribution is 7.99. The molecule has 1 aliphatic heterocycles. The highest BCUT2D eigenvalue weighted by Crippen LogP contribution is 2.33. The van der Waals surface area contributed by atoms with Gasteiger partial charge in [0.2, 0.25) is 0 Å². The van der Waals surface area contributed by atoms with Crippen LogP contribution in [0.4, 0.5) is 0 Å². The van der Waals surface area contributed by atoms with E-state index in [-0.39, 0.29) is 5.97 Å². The van der Waals surface area contributed by atoms with E-state index in [1.54, 1.807) is 18.0 Å². The van der Waals surface area contributed by atoms with Crippen LogP contribution < -0.4 is 0 Å². The van der Waals surface area contributed by atoms with Crippen molar-refractivity contribution in [1.29, 1.82) is 0 Å². The van der Waals surface area contributed by atoms with Gasteiger partial charge in [-0.15, -0.1) is 11.8 Å². The lowest BCUT2D eigenvalue weighted by atomic mass is 10.1. The zero-order valence-corrected chi connectivity index (χ0v) is 12.6. The Morgan fingerprint density at radius 1 is 1.48 bits per heavy atom. The van der Waals surface area contributed by atoms with Gasteiger partial charge in [0, 0.05) is 29.6 Å². The Bertz CT molecular complexity index is 678. The molecule has 1 aliphatic rings. The van der Waals surface area contributed by atoms with Crippen molar-refractivity contribution < 1.29 is 9.53 Å². The summed E-state index contributed by atoms with van der Waals surface area (Å²) < 4.78 is 7.10. The van der Waals surface area contributed by atoms with Crippen molar-refractivity contribution in [1.82, 2.24) is 9.55 Å². The second-order valence-electron chi connectivity index (χ2n) is 4.80. The first-order valence-corrected chi connectivity index (χ1v) is 7.84. The fraction of sp³-hybridized carbons (Fsp3) is 0.250. The van der Waals surface area contributed by atoms with Crippen LogP contribution in [0.3, 0.4) is 0 Å². The predicted octanol–water partition coefficient (Wildman–Crippen LogP) is 3.25. The molecular formula is C16H16N2O2S. The molecule has 0 spiro atoms. The van der Waals surface area contributed by atoms with E-state index in [4.69, 9.17) is 4.74 Å². The van der Waals surface area contributed by atoms with Gasteiger partial charge in [0.15, 0.2) is 0 Å². The third-order valence-corrected chi connectivity index (χ3v) is 4.44. The van der Waals surface area contributed by atoms with Gasteiger partial charge in [0.25, 0.3) is 0 Å². The van der Waals surface area contributed by atoms with Crippen LogP contribution in [0.25, 0.3) is 6.08 Å². The molecule has 21 heavy (non-hydrogen) atoms. The van der Waals surface area contributed by atoms with E-state index < -0.39 is 0 Å². The summed E-state index contributed by atoms with van der Waals surface area (Å²) in [6.45, 7) is 3.04. The smallest absolute Gasteiger partial charge is 0.338 e. The Morgan fingerprint density at radius 2 is 2.38 bits per heavy atom. The van der Waals surface area contributed by atoms with Crippen LogP contribution in [0.1, 0.15) is 22.8 Å². The molecule has 0 radical (unpaired) electrons. The molecule has 2 aromatic rings. The monoisotopic (exact) mass is 300 g/mol. The summed E-state index contributed by atoms with van der Waals surface area (Å²) in [5, 5.41) is 0. The quantitative estimate of drug-likeness (QED) is 0.813. The van der Waals surface area contributed by atoms with Crippen LogP contribution in [-0.4, -0.2) is 27.9 Å². The Morgan fingerprint density at radius 3 is 3.14 bits per heavy atom. The molecule has 3 rings (SSSR count). The van der Waals surface area contributed by atoms with Crippen molar-refractivity contribution in [3.8, 4) is 0 Å². The van der Waals surface area contributed by atoms with E-state index in [1.807, 2.05) is 42.2 Å². The van der Waals surface area contributed by atoms with Crippen molar-refractivity contribution in [2.24, 2.45) is 0 Å². The topological polar surface area (TPSA) is 44.1 Å². The molecule has 0 amide bonds. The number of nitrogens with zero attached hydrogens (tertiary/aromatic N) is 2. The first kappa shape index (κ1) is 13.9. The molecule has 0 N–H and O–H groups in total. The number of fused-ring (bicyclic) bond motifs is 1. The molecule has 0 unspecified atom stereocenters. The van der Waals surface area contributed by atoms with Crippen molar-refractivity contribution in [3.63, 3.8) is 0 Å². The van der Waals surface area contributed by atoms with Crippen LogP contribution in [-0.2, 0) is 11.3 Å². The fourth-order valence-electron chi connectivity index (χ4n) is 2.27. The van der Waals surface area contributed by atoms with E-state index >= 15 is 0 Å². The van der Waals surface area contributed by atoms with Crippen molar-refractivity contribution in [2.75, 3.05) is 12.4 Å². The Balaban J connectivity index is 1.84. The molecule has 0 saturated carbocycles. The van der Waals surface area contributed by atoms with Gasteiger partial charge in [-0.25, -0.2) is 9.78 Å². The minimum Gasteiger partial charge on any atom is -0.462 e. The van der Waals surface area contributed by atoms with Gasteiger partial charge >= 0.3 is 5.97 Å². The van der Waals surface area contributed by atoms with E-state index in [2.05, 4.69) is 11.1 Å². The average Bonchev–Trinajstić information content (AvgIpc) is 2.99. The van der Waals surface area contributed by atoms with Gasteiger partial charge in [-0.3, -0.25) is 0 Å². The molecule has 0 fully saturated rings. The summed E-state index contributed by atoms with van der Waals surface area (Å²) in [6.07, 6.45) is 7.71. The number of aromatic nitrogens is 2. The molecule has 0 atom stereocenters. The van der Waals surface area contributed by atoms with Crippen LogP contribution in [0.2, 0.25) is 0 Å². The van der Waals surface area contributed by atoms with Crippen LogP contribution in [0, 0.1) is 0 Å². The summed E-state index contributed by atoms with van der Waals surface area (Å²) in [7, 11) is 0. The van der Waals surface area contributed by atoms with Gasteiger partial charge < -0.3 is 9.30 Å². The van der Waals surface area contributed by atoms with E-state index in [9.17, 15) is 4.79 Å². The largest absolute Gasteiger partial charge is 0.462 e. The number of carbonyl (C=O) groups excluding carboxylic acids is 1. The predicted molar refractivity (Wildman–Crippen MR) is 83.3 cm³/mol. The van der Waals surface area contributed by atoms with E-state index in [0.717, 1.165) is 17.9 Å². The maximum atomic E-state index is 11.8. The molecule has 1 aromatic heterocycles. The lowest BCUT2D eigenvalue weighted by Crippen LogP contribution is -2.07. The standard InChI is InChI=1S/C16H16N2O2S/c1-2-20-16(19)13-3-4-15-14(8-13)7-12(10-21-15)9-18-6-5-17-11-18/h3-8,11H,2,9-10H2,1H3. The van der Waals surface area contributed by atoms with Crippen LogP contribution in [0.5, 0.6) is 0 Å². The number of benzene rings is 1. The molecule has 1 aromatic carbocycles. The summed E-state index contributed by atoms with van der Waals surface area (Å²) in [6, 6.07) is 5.74. The maximum Gasteiger partial charge on any atom is 0.338 e. The van der Waals surface area contributed by atoms with Gasteiger partial charge in [-0.05, 0) is 36.3 Å². The molecule has 2 heterocycles. The first-order valence-electron chi connectivity index (χ1n) is 6.85. The third kappa shape index (κ3) is 3.19. The number of imidazole rings is 1. The number of thioether (sulfide) groups is 1.